The van der Waals surface area contributed by atoms with Crippen LogP contribution in [0.1, 0.15) is 23.6 Å². The molecule has 8 heteroatoms. The summed E-state index contributed by atoms with van der Waals surface area (Å²) in [6.45, 7) is 5.55. The van der Waals surface area contributed by atoms with E-state index in [4.69, 9.17) is 8.71 Å². The summed E-state index contributed by atoms with van der Waals surface area (Å²) in [5.74, 6) is 0. The van der Waals surface area contributed by atoms with E-state index in [2.05, 4.69) is 15.9 Å². The molecule has 5 nitrogen and oxygen atoms in total. The van der Waals surface area contributed by atoms with Crippen LogP contribution in [0.3, 0.4) is 0 Å². The van der Waals surface area contributed by atoms with Crippen molar-refractivity contribution < 1.29 is 21.7 Å². The van der Waals surface area contributed by atoms with E-state index in [1.54, 1.807) is 43.9 Å². The topological polar surface area (TPSA) is 69.7 Å². The molecule has 0 amide bonds. The molecule has 0 radical (unpaired) electrons. The molecule has 0 bridgehead atoms. The van der Waals surface area contributed by atoms with E-state index in [0.29, 0.717) is 12.2 Å². The summed E-state index contributed by atoms with van der Waals surface area (Å²) in [7, 11) is -6.59. The van der Waals surface area contributed by atoms with Crippen molar-refractivity contribution in [3.8, 4) is 0 Å². The minimum Gasteiger partial charge on any atom is -0.329 e. The van der Waals surface area contributed by atoms with Crippen LogP contribution in [-0.4, -0.2) is 21.7 Å². The fourth-order valence-electron chi connectivity index (χ4n) is 2.39. The van der Waals surface area contributed by atoms with Gasteiger partial charge in [0.2, 0.25) is 7.37 Å². The number of benzene rings is 2. The molecule has 2 rings (SSSR count). The minimum absolute atomic E-state index is 0.0981. The van der Waals surface area contributed by atoms with Crippen LogP contribution < -0.4 is 0 Å². The third kappa shape index (κ3) is 6.03. The maximum absolute atomic E-state index is 12.4. The molecular weight excluding hydrogens is 439 g/mol. The quantitative estimate of drug-likeness (QED) is 0.404. The summed E-state index contributed by atoms with van der Waals surface area (Å²) in [5, 5.41) is 0. The molecule has 26 heavy (non-hydrogen) atoms. The summed E-state index contributed by atoms with van der Waals surface area (Å²) in [4.78, 5) is 0.120. The van der Waals surface area contributed by atoms with Crippen LogP contribution in [0.25, 0.3) is 0 Å². The Hall–Kier alpha value is -0.980. The Morgan fingerprint density at radius 2 is 1.77 bits per heavy atom. The molecular formula is C18H22BrO5PS. The molecule has 0 spiro atoms. The van der Waals surface area contributed by atoms with Crippen molar-refractivity contribution in [1.82, 2.24) is 0 Å². The molecule has 1 atom stereocenters. The fraction of sp³-hybridized carbons (Fsp3) is 0.333. The monoisotopic (exact) mass is 460 g/mol. The summed E-state index contributed by atoms with van der Waals surface area (Å²) >= 11 is 3.43. The van der Waals surface area contributed by atoms with Crippen molar-refractivity contribution in [2.24, 2.45) is 0 Å². The lowest BCUT2D eigenvalue weighted by Crippen LogP contribution is -2.07. The Bertz CT molecular complexity index is 910. The van der Waals surface area contributed by atoms with E-state index in [0.717, 1.165) is 15.6 Å². The lowest BCUT2D eigenvalue weighted by molar-refractivity contribution is 0.307. The molecule has 0 aromatic heterocycles. The van der Waals surface area contributed by atoms with Gasteiger partial charge in [-0.1, -0.05) is 45.8 Å². The fourth-order valence-corrected chi connectivity index (χ4v) is 5.40. The van der Waals surface area contributed by atoms with Gasteiger partial charge in [0, 0.05) is 11.1 Å². The summed E-state index contributed by atoms with van der Waals surface area (Å²) < 4.78 is 48.3. The van der Waals surface area contributed by atoms with Crippen molar-refractivity contribution in [2.45, 2.75) is 31.5 Å². The molecule has 2 aromatic carbocycles. The van der Waals surface area contributed by atoms with Crippen LogP contribution in [0.15, 0.2) is 51.8 Å². The van der Waals surface area contributed by atoms with Gasteiger partial charge in [0.25, 0.3) is 10.1 Å². The Kier molecular flexibility index (Phi) is 7.22. The van der Waals surface area contributed by atoms with Crippen LogP contribution in [0.5, 0.6) is 0 Å². The van der Waals surface area contributed by atoms with Gasteiger partial charge in [-0.15, -0.1) is 0 Å². The first kappa shape index (κ1) is 21.3. The Morgan fingerprint density at radius 1 is 1.12 bits per heavy atom. The molecule has 0 aliphatic rings. The van der Waals surface area contributed by atoms with Gasteiger partial charge in [-0.05, 0) is 43.2 Å². The molecule has 0 fully saturated rings. The normalized spacial score (nSPS) is 14.2. The smallest absolute Gasteiger partial charge is 0.297 e. The summed E-state index contributed by atoms with van der Waals surface area (Å²) in [6, 6.07) is 11.8. The zero-order valence-electron chi connectivity index (χ0n) is 14.9. The second-order valence-corrected chi connectivity index (χ2v) is 11.1. The van der Waals surface area contributed by atoms with Gasteiger partial charge < -0.3 is 4.52 Å². The van der Waals surface area contributed by atoms with Crippen molar-refractivity contribution in [3.63, 3.8) is 0 Å². The van der Waals surface area contributed by atoms with E-state index in [1.807, 2.05) is 6.92 Å². The summed E-state index contributed by atoms with van der Waals surface area (Å²) in [5.41, 5.74) is 2.44. The largest absolute Gasteiger partial charge is 0.329 e. The molecule has 0 heterocycles. The minimum atomic E-state index is -3.83. The lowest BCUT2D eigenvalue weighted by Gasteiger charge is -2.15. The standard InChI is InChI=1S/C18H22BrO5PS/c1-4-23-25(3,20)13-16-11-15(7-10-18(16)19)12-24-26(21,22)17-8-5-14(2)6-9-17/h5-11H,4,12-13H2,1-3H3. The molecule has 2 aromatic rings. The Labute approximate surface area is 163 Å². The van der Waals surface area contributed by atoms with Gasteiger partial charge in [0.05, 0.1) is 24.3 Å². The number of halogens is 1. The molecule has 0 saturated carbocycles. The van der Waals surface area contributed by atoms with Gasteiger partial charge in [0.1, 0.15) is 0 Å². The van der Waals surface area contributed by atoms with Crippen LogP contribution in [0.4, 0.5) is 0 Å². The Morgan fingerprint density at radius 3 is 2.38 bits per heavy atom. The second-order valence-electron chi connectivity index (χ2n) is 6.05. The summed E-state index contributed by atoms with van der Waals surface area (Å²) in [6.07, 6.45) is 0.264. The molecule has 0 N–H and O–H groups in total. The number of aryl methyl sites for hydroxylation is 1. The van der Waals surface area contributed by atoms with Crippen LogP contribution >= 0.6 is 23.3 Å². The van der Waals surface area contributed by atoms with Gasteiger partial charge in [-0.25, -0.2) is 0 Å². The average Bonchev–Trinajstić information content (AvgIpc) is 2.56. The molecule has 1 unspecified atom stereocenters. The van der Waals surface area contributed by atoms with E-state index in [1.165, 1.54) is 12.1 Å². The second kappa shape index (κ2) is 8.81. The third-order valence-electron chi connectivity index (χ3n) is 3.66. The maximum Gasteiger partial charge on any atom is 0.297 e. The number of hydrogen-bond donors (Lipinski definition) is 0. The van der Waals surface area contributed by atoms with Crippen LogP contribution in [0, 0.1) is 6.92 Å². The zero-order valence-corrected chi connectivity index (χ0v) is 18.2. The maximum atomic E-state index is 12.4. The first-order valence-electron chi connectivity index (χ1n) is 8.07. The molecule has 0 aliphatic heterocycles. The van der Waals surface area contributed by atoms with Crippen LogP contribution in [0.2, 0.25) is 0 Å². The Balaban J connectivity index is 2.14. The predicted molar refractivity (Wildman–Crippen MR) is 106 cm³/mol. The van der Waals surface area contributed by atoms with E-state index >= 15 is 0 Å². The van der Waals surface area contributed by atoms with Gasteiger partial charge in [-0.2, -0.15) is 8.42 Å². The van der Waals surface area contributed by atoms with Gasteiger partial charge in [0.15, 0.2) is 0 Å². The van der Waals surface area contributed by atoms with Crippen molar-refractivity contribution in [2.75, 3.05) is 13.3 Å². The highest BCUT2D eigenvalue weighted by Gasteiger charge is 2.19. The lowest BCUT2D eigenvalue weighted by atomic mass is 10.1. The third-order valence-corrected chi connectivity index (χ3v) is 7.43. The van der Waals surface area contributed by atoms with Gasteiger partial charge in [-0.3, -0.25) is 8.75 Å². The highest BCUT2D eigenvalue weighted by molar-refractivity contribution is 9.10. The first-order valence-corrected chi connectivity index (χ1v) is 12.5. The predicted octanol–water partition coefficient (Wildman–Crippen LogP) is 5.11. The van der Waals surface area contributed by atoms with Gasteiger partial charge >= 0.3 is 0 Å². The first-order chi connectivity index (χ1) is 12.1. The van der Waals surface area contributed by atoms with E-state index in [-0.39, 0.29) is 17.7 Å². The number of hydrogen-bond acceptors (Lipinski definition) is 5. The SMILES string of the molecule is CCOP(C)(=O)Cc1cc(COS(=O)(=O)c2ccc(C)cc2)ccc1Br. The van der Waals surface area contributed by atoms with E-state index in [9.17, 15) is 13.0 Å². The molecule has 142 valence electrons. The van der Waals surface area contributed by atoms with E-state index < -0.39 is 17.5 Å². The highest BCUT2D eigenvalue weighted by Crippen LogP contribution is 2.47. The van der Waals surface area contributed by atoms with Crippen molar-refractivity contribution in [1.29, 1.82) is 0 Å². The van der Waals surface area contributed by atoms with Crippen molar-refractivity contribution in [3.05, 3.63) is 63.6 Å². The molecule has 0 aliphatic carbocycles. The van der Waals surface area contributed by atoms with Crippen molar-refractivity contribution >= 4 is 33.4 Å². The highest BCUT2D eigenvalue weighted by atomic mass is 79.9. The zero-order chi connectivity index (χ0) is 19.4. The number of rotatable bonds is 8. The average molecular weight is 461 g/mol. The molecule has 0 saturated heterocycles. The van der Waals surface area contributed by atoms with Crippen LogP contribution in [-0.2, 0) is 36.2 Å².